The van der Waals surface area contributed by atoms with Crippen LogP contribution in [0.25, 0.3) is 0 Å². The highest BCUT2D eigenvalue weighted by Crippen LogP contribution is 2.36. The van der Waals surface area contributed by atoms with Gasteiger partial charge >= 0.3 is 0 Å². The smallest absolute Gasteiger partial charge is 0.211 e. The van der Waals surface area contributed by atoms with Crippen LogP contribution in [-0.2, 0) is 10.0 Å². The molecule has 1 rings (SSSR count). The molecule has 4 nitrogen and oxygen atoms in total. The Labute approximate surface area is 79.4 Å². The molecular weight excluding hydrogens is 190 g/mol. The van der Waals surface area contributed by atoms with Gasteiger partial charge in [0.25, 0.3) is 0 Å². The molecule has 1 aliphatic carbocycles. The van der Waals surface area contributed by atoms with E-state index in [0.29, 0.717) is 24.8 Å². The van der Waals surface area contributed by atoms with Crippen LogP contribution in [0, 0.1) is 11.8 Å². The first-order chi connectivity index (χ1) is 6.05. The largest absolute Gasteiger partial charge is 0.396 e. The monoisotopic (exact) mass is 207 g/mol. The fraction of sp³-hybridized carbons (Fsp3) is 1.00. The van der Waals surface area contributed by atoms with Crippen molar-refractivity contribution in [3.05, 3.63) is 0 Å². The molecule has 0 saturated heterocycles. The number of sulfonamides is 1. The molecule has 0 aromatic rings. The molecule has 2 atom stereocenters. The lowest BCUT2D eigenvalue weighted by molar-refractivity contribution is 0.295. The van der Waals surface area contributed by atoms with Gasteiger partial charge < -0.3 is 5.11 Å². The van der Waals surface area contributed by atoms with Crippen LogP contribution in [0.1, 0.15) is 19.8 Å². The lowest BCUT2D eigenvalue weighted by Crippen LogP contribution is -2.28. The van der Waals surface area contributed by atoms with Gasteiger partial charge in [0.05, 0.1) is 5.75 Å². The second kappa shape index (κ2) is 4.39. The second-order valence-corrected chi connectivity index (χ2v) is 5.64. The zero-order chi connectivity index (χ0) is 9.90. The minimum atomic E-state index is -3.13. The van der Waals surface area contributed by atoms with E-state index in [1.54, 1.807) is 0 Å². The summed E-state index contributed by atoms with van der Waals surface area (Å²) < 4.78 is 25.0. The van der Waals surface area contributed by atoms with Crippen molar-refractivity contribution < 1.29 is 13.5 Å². The molecule has 0 aromatic carbocycles. The Morgan fingerprint density at radius 1 is 1.54 bits per heavy atom. The van der Waals surface area contributed by atoms with E-state index in [0.717, 1.165) is 6.42 Å². The van der Waals surface area contributed by atoms with Gasteiger partial charge in [-0.3, -0.25) is 0 Å². The average Bonchev–Trinajstić information content (AvgIpc) is 2.76. The summed E-state index contributed by atoms with van der Waals surface area (Å²) >= 11 is 0. The molecule has 0 aliphatic heterocycles. The van der Waals surface area contributed by atoms with Crippen molar-refractivity contribution in [2.24, 2.45) is 11.8 Å². The minimum absolute atomic E-state index is 0.0323. The number of rotatable bonds is 6. The van der Waals surface area contributed by atoms with Gasteiger partial charge in [0.2, 0.25) is 10.0 Å². The normalized spacial score (nSPS) is 27.5. The van der Waals surface area contributed by atoms with Crippen LogP contribution in [0.4, 0.5) is 0 Å². The molecule has 0 amide bonds. The Morgan fingerprint density at radius 2 is 2.15 bits per heavy atom. The van der Waals surface area contributed by atoms with Crippen molar-refractivity contribution in [1.29, 1.82) is 0 Å². The Kier molecular flexibility index (Phi) is 3.70. The molecule has 5 heteroatoms. The van der Waals surface area contributed by atoms with Crippen LogP contribution in [0.3, 0.4) is 0 Å². The molecule has 0 aromatic heterocycles. The number of hydrogen-bond acceptors (Lipinski definition) is 3. The third-order valence-corrected chi connectivity index (χ3v) is 3.85. The summed E-state index contributed by atoms with van der Waals surface area (Å²) in [5.41, 5.74) is 0. The maximum atomic E-state index is 11.2. The standard InChI is InChI=1S/C8H17NO3S/c1-7-5-8(7)6-9-13(11,12)4-2-3-10/h7-10H,2-6H2,1H3. The highest BCUT2D eigenvalue weighted by Gasteiger charge is 2.32. The zero-order valence-electron chi connectivity index (χ0n) is 7.86. The van der Waals surface area contributed by atoms with Crippen molar-refractivity contribution >= 4 is 10.0 Å². The van der Waals surface area contributed by atoms with Gasteiger partial charge in [0, 0.05) is 13.2 Å². The molecule has 1 fully saturated rings. The zero-order valence-corrected chi connectivity index (χ0v) is 8.68. The Balaban J connectivity index is 2.18. The number of aliphatic hydroxyl groups excluding tert-OH is 1. The van der Waals surface area contributed by atoms with Crippen molar-refractivity contribution in [2.75, 3.05) is 18.9 Å². The van der Waals surface area contributed by atoms with Gasteiger partial charge in [0.1, 0.15) is 0 Å². The van der Waals surface area contributed by atoms with Gasteiger partial charge in [0.15, 0.2) is 0 Å². The van der Waals surface area contributed by atoms with Crippen LogP contribution < -0.4 is 4.72 Å². The molecule has 0 radical (unpaired) electrons. The average molecular weight is 207 g/mol. The van der Waals surface area contributed by atoms with Gasteiger partial charge in [-0.05, 0) is 24.7 Å². The SMILES string of the molecule is CC1CC1CNS(=O)(=O)CCCO. The van der Waals surface area contributed by atoms with Crippen LogP contribution in [0.15, 0.2) is 0 Å². The van der Waals surface area contributed by atoms with Gasteiger partial charge in [-0.2, -0.15) is 0 Å². The van der Waals surface area contributed by atoms with E-state index in [1.807, 2.05) is 0 Å². The third-order valence-electron chi connectivity index (χ3n) is 2.41. The van der Waals surface area contributed by atoms with Crippen molar-refractivity contribution in [2.45, 2.75) is 19.8 Å². The molecule has 1 aliphatic rings. The third kappa shape index (κ3) is 4.06. The van der Waals surface area contributed by atoms with Gasteiger partial charge in [-0.15, -0.1) is 0 Å². The first-order valence-corrected chi connectivity index (χ1v) is 6.28. The molecular formula is C8H17NO3S. The maximum absolute atomic E-state index is 11.2. The van der Waals surface area contributed by atoms with Crippen LogP contribution in [0.5, 0.6) is 0 Å². The molecule has 2 N–H and O–H groups in total. The highest BCUT2D eigenvalue weighted by atomic mass is 32.2. The first-order valence-electron chi connectivity index (χ1n) is 4.63. The van der Waals surface area contributed by atoms with E-state index < -0.39 is 10.0 Å². The number of aliphatic hydroxyl groups is 1. The Bertz CT molecular complexity index is 250. The summed E-state index contributed by atoms with van der Waals surface area (Å²) in [5.74, 6) is 1.23. The van der Waals surface area contributed by atoms with E-state index in [1.165, 1.54) is 0 Å². The van der Waals surface area contributed by atoms with E-state index in [9.17, 15) is 8.42 Å². The van der Waals surface area contributed by atoms with E-state index in [-0.39, 0.29) is 12.4 Å². The topological polar surface area (TPSA) is 66.4 Å². The highest BCUT2D eigenvalue weighted by molar-refractivity contribution is 7.89. The van der Waals surface area contributed by atoms with Crippen LogP contribution in [0.2, 0.25) is 0 Å². The minimum Gasteiger partial charge on any atom is -0.396 e. The summed E-state index contributed by atoms with van der Waals surface area (Å²) in [6.45, 7) is 2.61. The molecule has 2 unspecified atom stereocenters. The fourth-order valence-corrected chi connectivity index (χ4v) is 2.37. The van der Waals surface area contributed by atoms with Gasteiger partial charge in [-0.1, -0.05) is 6.92 Å². The molecule has 1 saturated carbocycles. The van der Waals surface area contributed by atoms with Crippen LogP contribution in [-0.4, -0.2) is 32.4 Å². The summed E-state index contributed by atoms with van der Waals surface area (Å²) in [6.07, 6.45) is 1.44. The number of nitrogens with one attached hydrogen (secondary N) is 1. The van der Waals surface area contributed by atoms with Gasteiger partial charge in [-0.25, -0.2) is 13.1 Å². The Morgan fingerprint density at radius 3 is 2.62 bits per heavy atom. The number of hydrogen-bond donors (Lipinski definition) is 2. The first kappa shape index (κ1) is 10.9. The van der Waals surface area contributed by atoms with Crippen molar-refractivity contribution in [3.63, 3.8) is 0 Å². The predicted molar refractivity (Wildman–Crippen MR) is 50.8 cm³/mol. The molecule has 78 valence electrons. The van der Waals surface area contributed by atoms with Crippen LogP contribution >= 0.6 is 0 Å². The molecule has 13 heavy (non-hydrogen) atoms. The Hall–Kier alpha value is -0.130. The lowest BCUT2D eigenvalue weighted by Gasteiger charge is -2.04. The quantitative estimate of drug-likeness (QED) is 0.641. The van der Waals surface area contributed by atoms with E-state index in [2.05, 4.69) is 11.6 Å². The van der Waals surface area contributed by atoms with Crippen molar-refractivity contribution in [3.8, 4) is 0 Å². The lowest BCUT2D eigenvalue weighted by atomic mass is 10.3. The van der Waals surface area contributed by atoms with E-state index in [4.69, 9.17) is 5.11 Å². The molecule has 0 spiro atoms. The molecule has 0 bridgehead atoms. The molecule has 0 heterocycles. The summed E-state index contributed by atoms with van der Waals surface area (Å²) in [5, 5.41) is 8.47. The fourth-order valence-electron chi connectivity index (χ4n) is 1.24. The van der Waals surface area contributed by atoms with E-state index >= 15 is 0 Å². The summed E-state index contributed by atoms with van der Waals surface area (Å²) in [7, 11) is -3.13. The predicted octanol–water partition coefficient (Wildman–Crippen LogP) is -0.0558. The summed E-state index contributed by atoms with van der Waals surface area (Å²) in [4.78, 5) is 0. The maximum Gasteiger partial charge on any atom is 0.211 e. The van der Waals surface area contributed by atoms with Crippen molar-refractivity contribution in [1.82, 2.24) is 4.72 Å². The second-order valence-electron chi connectivity index (χ2n) is 3.72. The summed E-state index contributed by atoms with van der Waals surface area (Å²) in [6, 6.07) is 0.